The van der Waals surface area contributed by atoms with Crippen LogP contribution < -0.4 is 0 Å². The predicted octanol–water partition coefficient (Wildman–Crippen LogP) is 3.90. The Balaban J connectivity index is 0.000000172. The normalized spacial score (nSPS) is 9.64. The van der Waals surface area contributed by atoms with Crippen LogP contribution in [-0.4, -0.2) is 26.6 Å². The molecule has 3 aromatic heterocycles. The topological polar surface area (TPSA) is 79.5 Å². The van der Waals surface area contributed by atoms with Gasteiger partial charge in [0.2, 0.25) is 0 Å². The Morgan fingerprint density at radius 2 is 1.95 bits per heavy atom. The summed E-state index contributed by atoms with van der Waals surface area (Å²) in [6.45, 7) is 0. The average molecular weight is 369 g/mol. The van der Waals surface area contributed by atoms with Gasteiger partial charge in [0.15, 0.2) is 5.78 Å². The van der Waals surface area contributed by atoms with E-state index >= 15 is 0 Å². The van der Waals surface area contributed by atoms with Crippen molar-refractivity contribution in [3.63, 3.8) is 0 Å². The first kappa shape index (κ1) is 16.7. The second-order valence-corrected chi connectivity index (χ2v) is 6.41. The molecule has 0 saturated heterocycles. The largest absolute Gasteiger partial charge is 0.291 e. The van der Waals surface area contributed by atoms with E-state index in [9.17, 15) is 4.79 Å². The molecule has 3 aromatic rings. The van der Waals surface area contributed by atoms with Gasteiger partial charge < -0.3 is 0 Å². The lowest BCUT2D eigenvalue weighted by Gasteiger charge is -1.85. The molecule has 0 bridgehead atoms. The van der Waals surface area contributed by atoms with E-state index in [2.05, 4.69) is 21.0 Å². The van der Waals surface area contributed by atoms with Crippen LogP contribution in [0.15, 0.2) is 27.2 Å². The monoisotopic (exact) mass is 368 g/mol. The third kappa shape index (κ3) is 4.68. The number of aromatic nitrogens is 3. The van der Waals surface area contributed by atoms with Gasteiger partial charge in [-0.15, -0.1) is 45.6 Å². The molecule has 112 valence electrons. The van der Waals surface area contributed by atoms with E-state index in [1.54, 1.807) is 27.7 Å². The van der Waals surface area contributed by atoms with Gasteiger partial charge in [0.05, 0.1) is 29.4 Å². The molecule has 9 heteroatoms. The molecule has 0 saturated carbocycles. The molecule has 0 N–H and O–H groups in total. The van der Waals surface area contributed by atoms with Crippen molar-refractivity contribution in [2.75, 3.05) is 5.88 Å². The number of Topliss-reactive ketones (excluding diaryl/α,β-unsaturated/α-hetero) is 1. The Kier molecular flexibility index (Phi) is 6.61. The number of thiazole rings is 3. The molecule has 0 spiro atoms. The maximum absolute atomic E-state index is 10.7. The van der Waals surface area contributed by atoms with Crippen molar-refractivity contribution in [3.8, 4) is 17.5 Å². The highest BCUT2D eigenvalue weighted by atomic mass is 35.5. The first-order chi connectivity index (χ1) is 10.7. The maximum Gasteiger partial charge on any atom is 0.196 e. The molecule has 3 heterocycles. The number of hydrogen-bond acceptors (Lipinski definition) is 8. The molecule has 0 aliphatic rings. The summed E-state index contributed by atoms with van der Waals surface area (Å²) in [7, 11) is 0. The van der Waals surface area contributed by atoms with Gasteiger partial charge in [-0.25, -0.2) is 15.0 Å². The minimum absolute atomic E-state index is 0.0176. The number of alkyl halides is 1. The van der Waals surface area contributed by atoms with Crippen LogP contribution in [0.5, 0.6) is 0 Å². The summed E-state index contributed by atoms with van der Waals surface area (Å²) in [6, 6.07) is 2.07. The number of hydrogen-bond donors (Lipinski definition) is 0. The molecular formula is C13H9ClN4OS3. The lowest BCUT2D eigenvalue weighted by molar-refractivity contribution is 0.101. The summed E-state index contributed by atoms with van der Waals surface area (Å²) in [5, 5.41) is 14.9. The van der Waals surface area contributed by atoms with Crippen molar-refractivity contribution in [1.82, 2.24) is 15.0 Å². The zero-order valence-corrected chi connectivity index (χ0v) is 14.3. The van der Waals surface area contributed by atoms with Crippen molar-refractivity contribution in [2.24, 2.45) is 0 Å². The summed E-state index contributed by atoms with van der Waals surface area (Å²) >= 11 is 9.70. The number of nitrogens with zero attached hydrogens (tertiary/aromatic N) is 4. The van der Waals surface area contributed by atoms with Gasteiger partial charge in [-0.1, -0.05) is 0 Å². The molecule has 0 aromatic carbocycles. The highest BCUT2D eigenvalue weighted by Crippen LogP contribution is 2.21. The first-order valence-corrected chi connectivity index (χ1v) is 9.21. The second kappa shape index (κ2) is 8.70. The fourth-order valence-electron chi connectivity index (χ4n) is 1.34. The van der Waals surface area contributed by atoms with E-state index in [1.165, 1.54) is 22.7 Å². The smallest absolute Gasteiger partial charge is 0.196 e. The highest BCUT2D eigenvalue weighted by Gasteiger charge is 2.05. The lowest BCUT2D eigenvalue weighted by Crippen LogP contribution is -1.99. The van der Waals surface area contributed by atoms with Crippen molar-refractivity contribution < 1.29 is 4.79 Å². The van der Waals surface area contributed by atoms with E-state index in [1.807, 2.05) is 10.8 Å². The van der Waals surface area contributed by atoms with E-state index in [0.717, 1.165) is 16.4 Å². The molecular weight excluding hydrogens is 360 g/mol. The minimum atomic E-state index is -0.113. The zero-order valence-electron chi connectivity index (χ0n) is 11.1. The molecule has 5 nitrogen and oxygen atoms in total. The SMILES string of the molecule is N#CCc1nc(-c2cscn2)cs1.O=C(CCl)c1cscn1. The summed E-state index contributed by atoms with van der Waals surface area (Å²) in [4.78, 5) is 22.9. The first-order valence-electron chi connectivity index (χ1n) is 5.92. The van der Waals surface area contributed by atoms with Gasteiger partial charge in [-0.2, -0.15) is 5.26 Å². The third-order valence-corrected chi connectivity index (χ3v) is 4.58. The molecule has 22 heavy (non-hydrogen) atoms. The molecule has 0 unspecified atom stereocenters. The van der Waals surface area contributed by atoms with Crippen LogP contribution in [0.3, 0.4) is 0 Å². The molecule has 0 radical (unpaired) electrons. The van der Waals surface area contributed by atoms with Crippen LogP contribution in [0.2, 0.25) is 0 Å². The Hall–Kier alpha value is -1.66. The summed E-state index contributed by atoms with van der Waals surface area (Å²) in [5.41, 5.74) is 5.62. The van der Waals surface area contributed by atoms with Crippen LogP contribution in [0.25, 0.3) is 11.4 Å². The lowest BCUT2D eigenvalue weighted by atomic mass is 10.4. The Labute approximate surface area is 143 Å². The van der Waals surface area contributed by atoms with E-state index < -0.39 is 0 Å². The number of carbonyl (C=O) groups excluding carboxylic acids is 1. The zero-order chi connectivity index (χ0) is 15.8. The number of ketones is 1. The number of rotatable bonds is 4. The van der Waals surface area contributed by atoms with Crippen molar-refractivity contribution >= 4 is 51.4 Å². The Bertz CT molecular complexity index is 747. The standard InChI is InChI=1S/C8H5N3S2.C5H4ClNOS/c9-2-1-8-11-7(4-13-8)6-3-12-5-10-6;6-1-5(8)4-2-9-3-7-4/h3-5H,1H2;2-3H,1H2. The maximum atomic E-state index is 10.7. The molecule has 0 atom stereocenters. The number of halogens is 1. The molecule has 0 aliphatic heterocycles. The number of carbonyl (C=O) groups is 1. The van der Waals surface area contributed by atoms with Gasteiger partial charge >= 0.3 is 0 Å². The van der Waals surface area contributed by atoms with Gasteiger partial charge in [-0.05, 0) is 0 Å². The number of nitriles is 1. The fraction of sp³-hybridized carbons (Fsp3) is 0.154. The van der Waals surface area contributed by atoms with Crippen molar-refractivity contribution in [2.45, 2.75) is 6.42 Å². The predicted molar refractivity (Wildman–Crippen MR) is 89.7 cm³/mol. The summed E-state index contributed by atoms with van der Waals surface area (Å²) in [6.07, 6.45) is 0.384. The van der Waals surface area contributed by atoms with Crippen LogP contribution >= 0.6 is 45.6 Å². The molecule has 0 fully saturated rings. The van der Waals surface area contributed by atoms with Gasteiger partial charge in [0.25, 0.3) is 0 Å². The van der Waals surface area contributed by atoms with Crippen molar-refractivity contribution in [1.29, 1.82) is 5.26 Å². The summed E-state index contributed by atoms with van der Waals surface area (Å²) in [5.74, 6) is -0.0954. The minimum Gasteiger partial charge on any atom is -0.291 e. The Morgan fingerprint density at radius 3 is 2.55 bits per heavy atom. The molecule has 0 aliphatic carbocycles. The summed E-state index contributed by atoms with van der Waals surface area (Å²) < 4.78 is 0. The van der Waals surface area contributed by atoms with Crippen LogP contribution in [0.1, 0.15) is 15.5 Å². The van der Waals surface area contributed by atoms with Crippen molar-refractivity contribution in [3.05, 3.63) is 37.9 Å². The van der Waals surface area contributed by atoms with Crippen LogP contribution in [-0.2, 0) is 6.42 Å². The fourth-order valence-corrected chi connectivity index (χ4v) is 3.29. The van der Waals surface area contributed by atoms with E-state index in [4.69, 9.17) is 16.9 Å². The molecule has 3 rings (SSSR count). The van der Waals surface area contributed by atoms with E-state index in [0.29, 0.717) is 12.1 Å². The quantitative estimate of drug-likeness (QED) is 0.515. The molecule has 0 amide bonds. The Morgan fingerprint density at radius 1 is 1.18 bits per heavy atom. The highest BCUT2D eigenvalue weighted by molar-refractivity contribution is 7.10. The van der Waals surface area contributed by atoms with E-state index in [-0.39, 0.29) is 11.7 Å². The van der Waals surface area contributed by atoms with Gasteiger partial charge in [0, 0.05) is 16.1 Å². The van der Waals surface area contributed by atoms with Gasteiger partial charge in [-0.3, -0.25) is 4.79 Å². The third-order valence-electron chi connectivity index (χ3n) is 2.32. The van der Waals surface area contributed by atoms with Crippen LogP contribution in [0.4, 0.5) is 0 Å². The van der Waals surface area contributed by atoms with Gasteiger partial charge in [0.1, 0.15) is 22.1 Å². The second-order valence-electron chi connectivity index (χ2n) is 3.77. The van der Waals surface area contributed by atoms with Crippen LogP contribution in [0, 0.1) is 11.3 Å². The average Bonchev–Trinajstić information content (AvgIpc) is 3.27.